The minimum Gasteiger partial charge on any atom is -0.464 e. The number of esters is 1. The summed E-state index contributed by atoms with van der Waals surface area (Å²) in [6, 6.07) is 6.59. The second-order valence-electron chi connectivity index (χ2n) is 3.74. The van der Waals surface area contributed by atoms with E-state index in [1.54, 1.807) is 6.07 Å². The first-order valence-corrected chi connectivity index (χ1v) is 5.52. The Balaban J connectivity index is 2.70. The van der Waals surface area contributed by atoms with E-state index in [2.05, 4.69) is 15.3 Å². The molecule has 3 N–H and O–H groups in total. The molecule has 1 heterocycles. The molecule has 0 fully saturated rings. The van der Waals surface area contributed by atoms with E-state index in [0.29, 0.717) is 0 Å². The molecular formula is C12H11FN4O3. The minimum atomic E-state index is -0.803. The van der Waals surface area contributed by atoms with Gasteiger partial charge in [-0.2, -0.15) is 9.78 Å². The van der Waals surface area contributed by atoms with Crippen molar-refractivity contribution in [1.82, 2.24) is 9.78 Å². The van der Waals surface area contributed by atoms with Gasteiger partial charge in [-0.15, -0.1) is 0 Å². The van der Waals surface area contributed by atoms with Gasteiger partial charge in [0.15, 0.2) is 5.69 Å². The number of carbonyl (C=O) groups excluding carboxylic acids is 1. The molecule has 0 saturated heterocycles. The van der Waals surface area contributed by atoms with Crippen LogP contribution in [0.5, 0.6) is 0 Å². The first-order chi connectivity index (χ1) is 9.58. The number of anilines is 1. The van der Waals surface area contributed by atoms with Crippen molar-refractivity contribution in [2.24, 2.45) is 5.84 Å². The lowest BCUT2D eigenvalue weighted by molar-refractivity contribution is 0.0593. The number of ether oxygens (including phenoxy) is 1. The predicted octanol–water partition coefficient (Wildman–Crippen LogP) is 0.444. The topological polar surface area (TPSA) is 99.2 Å². The normalized spacial score (nSPS) is 10.2. The summed E-state index contributed by atoms with van der Waals surface area (Å²) in [4.78, 5) is 23.5. The predicted molar refractivity (Wildman–Crippen MR) is 68.9 cm³/mol. The van der Waals surface area contributed by atoms with Gasteiger partial charge in [0, 0.05) is 6.07 Å². The summed E-state index contributed by atoms with van der Waals surface area (Å²) < 4.78 is 19.0. The molecule has 0 aliphatic rings. The van der Waals surface area contributed by atoms with Crippen molar-refractivity contribution in [2.75, 3.05) is 12.5 Å². The number of nitrogens with zero attached hydrogens (tertiary/aromatic N) is 2. The van der Waals surface area contributed by atoms with Gasteiger partial charge in [0.2, 0.25) is 0 Å². The van der Waals surface area contributed by atoms with Crippen molar-refractivity contribution in [3.8, 4) is 5.69 Å². The summed E-state index contributed by atoms with van der Waals surface area (Å²) in [6.45, 7) is 0. The Morgan fingerprint density at radius 2 is 2.15 bits per heavy atom. The molecule has 7 nitrogen and oxygen atoms in total. The number of rotatable bonds is 3. The highest BCUT2D eigenvalue weighted by Gasteiger charge is 2.18. The zero-order chi connectivity index (χ0) is 14.7. The lowest BCUT2D eigenvalue weighted by atomic mass is 10.3. The zero-order valence-corrected chi connectivity index (χ0v) is 10.5. The monoisotopic (exact) mass is 278 g/mol. The molecule has 0 radical (unpaired) electrons. The summed E-state index contributed by atoms with van der Waals surface area (Å²) in [7, 11) is 1.16. The van der Waals surface area contributed by atoms with Gasteiger partial charge < -0.3 is 10.2 Å². The van der Waals surface area contributed by atoms with Crippen LogP contribution in [0.25, 0.3) is 5.69 Å². The van der Waals surface area contributed by atoms with Crippen LogP contribution in [0, 0.1) is 5.82 Å². The number of aromatic nitrogens is 2. The van der Waals surface area contributed by atoms with Crippen LogP contribution in [0.2, 0.25) is 0 Å². The Bertz CT molecular complexity index is 714. The quantitative estimate of drug-likeness (QED) is 0.480. The molecule has 0 amide bonds. The van der Waals surface area contributed by atoms with Crippen LogP contribution in [0.15, 0.2) is 35.1 Å². The van der Waals surface area contributed by atoms with Crippen molar-refractivity contribution >= 4 is 11.7 Å². The van der Waals surface area contributed by atoms with E-state index in [0.717, 1.165) is 17.9 Å². The fourth-order valence-electron chi connectivity index (χ4n) is 1.61. The number of hydrogen-bond acceptors (Lipinski definition) is 6. The van der Waals surface area contributed by atoms with E-state index < -0.39 is 17.3 Å². The van der Waals surface area contributed by atoms with Crippen LogP contribution in [-0.4, -0.2) is 22.9 Å². The minimum absolute atomic E-state index is 0.00515. The van der Waals surface area contributed by atoms with Crippen LogP contribution >= 0.6 is 0 Å². The second kappa shape index (κ2) is 5.49. The summed E-state index contributed by atoms with van der Waals surface area (Å²) in [6.07, 6.45) is 0. The van der Waals surface area contributed by atoms with Crippen molar-refractivity contribution < 1.29 is 13.9 Å². The van der Waals surface area contributed by atoms with Crippen LogP contribution in [0.4, 0.5) is 10.1 Å². The average Bonchev–Trinajstić information content (AvgIpc) is 2.47. The molecule has 0 spiro atoms. The van der Waals surface area contributed by atoms with E-state index in [-0.39, 0.29) is 17.1 Å². The molecule has 2 rings (SSSR count). The molecular weight excluding hydrogens is 267 g/mol. The summed E-state index contributed by atoms with van der Waals surface area (Å²) in [5.41, 5.74) is 1.22. The number of para-hydroxylation sites is 1. The summed E-state index contributed by atoms with van der Waals surface area (Å²) in [5.74, 6) is 3.76. The Hall–Kier alpha value is -2.74. The van der Waals surface area contributed by atoms with Crippen LogP contribution < -0.4 is 16.8 Å². The molecule has 104 valence electrons. The van der Waals surface area contributed by atoms with Gasteiger partial charge in [0.05, 0.1) is 12.8 Å². The number of carbonyl (C=O) groups is 1. The number of nitrogens with two attached hydrogens (primary N) is 1. The van der Waals surface area contributed by atoms with Gasteiger partial charge in [0.1, 0.15) is 11.5 Å². The smallest absolute Gasteiger partial charge is 0.360 e. The molecule has 2 aromatic rings. The number of benzene rings is 1. The molecule has 0 saturated carbocycles. The van der Waals surface area contributed by atoms with Gasteiger partial charge in [0.25, 0.3) is 5.56 Å². The molecule has 8 heteroatoms. The van der Waals surface area contributed by atoms with Crippen molar-refractivity contribution in [1.29, 1.82) is 0 Å². The Kier molecular flexibility index (Phi) is 3.76. The number of halogens is 1. The number of nitrogens with one attached hydrogen (secondary N) is 1. The maximum absolute atomic E-state index is 13.7. The lowest BCUT2D eigenvalue weighted by Gasteiger charge is -2.10. The maximum atomic E-state index is 13.7. The molecule has 1 aromatic carbocycles. The third-order valence-corrected chi connectivity index (χ3v) is 2.55. The van der Waals surface area contributed by atoms with Gasteiger partial charge in [-0.1, -0.05) is 12.1 Å². The highest BCUT2D eigenvalue weighted by atomic mass is 19.1. The first-order valence-electron chi connectivity index (χ1n) is 5.52. The fraction of sp³-hybridized carbons (Fsp3) is 0.0833. The number of hydrazine groups is 1. The Morgan fingerprint density at radius 3 is 2.75 bits per heavy atom. The van der Waals surface area contributed by atoms with Gasteiger partial charge in [-0.25, -0.2) is 9.18 Å². The standard InChI is InChI=1S/C12H11FN4O3/c1-20-12(19)11-8(15-14)6-10(18)17(16-11)9-5-3-2-4-7(9)13/h2-6,15H,14H2,1H3. The van der Waals surface area contributed by atoms with E-state index in [1.807, 2.05) is 0 Å². The van der Waals surface area contributed by atoms with Crippen LogP contribution in [0.1, 0.15) is 10.5 Å². The summed E-state index contributed by atoms with van der Waals surface area (Å²) in [5, 5.41) is 3.79. The largest absolute Gasteiger partial charge is 0.464 e. The number of nitrogen functional groups attached to an aromatic ring is 1. The third-order valence-electron chi connectivity index (χ3n) is 2.55. The van der Waals surface area contributed by atoms with Crippen LogP contribution in [0.3, 0.4) is 0 Å². The number of hydrogen-bond donors (Lipinski definition) is 2. The molecule has 0 aliphatic carbocycles. The lowest BCUT2D eigenvalue weighted by Crippen LogP contribution is -2.27. The third kappa shape index (κ3) is 2.36. The molecule has 0 aliphatic heterocycles. The van der Waals surface area contributed by atoms with Crippen molar-refractivity contribution in [3.63, 3.8) is 0 Å². The maximum Gasteiger partial charge on any atom is 0.360 e. The van der Waals surface area contributed by atoms with E-state index in [1.165, 1.54) is 18.2 Å². The summed E-state index contributed by atoms with van der Waals surface area (Å²) >= 11 is 0. The van der Waals surface area contributed by atoms with Crippen LogP contribution in [-0.2, 0) is 4.74 Å². The SMILES string of the molecule is COC(=O)c1nn(-c2ccccc2F)c(=O)cc1NN. The second-order valence-corrected chi connectivity index (χ2v) is 3.74. The number of methoxy groups -OCH3 is 1. The average molecular weight is 278 g/mol. The fourth-order valence-corrected chi connectivity index (χ4v) is 1.61. The molecule has 20 heavy (non-hydrogen) atoms. The van der Waals surface area contributed by atoms with E-state index in [4.69, 9.17) is 5.84 Å². The molecule has 0 bridgehead atoms. The molecule has 0 atom stereocenters. The van der Waals surface area contributed by atoms with Gasteiger partial charge in [-0.3, -0.25) is 10.6 Å². The van der Waals surface area contributed by atoms with E-state index in [9.17, 15) is 14.0 Å². The Morgan fingerprint density at radius 1 is 1.45 bits per heavy atom. The van der Waals surface area contributed by atoms with E-state index >= 15 is 0 Å². The van der Waals surface area contributed by atoms with Crippen molar-refractivity contribution in [2.45, 2.75) is 0 Å². The van der Waals surface area contributed by atoms with Gasteiger partial charge >= 0.3 is 5.97 Å². The first kappa shape index (κ1) is 13.7. The van der Waals surface area contributed by atoms with Gasteiger partial charge in [-0.05, 0) is 12.1 Å². The van der Waals surface area contributed by atoms with Crippen molar-refractivity contribution in [3.05, 3.63) is 52.2 Å². The Labute approximate surface area is 112 Å². The highest BCUT2D eigenvalue weighted by Crippen LogP contribution is 2.13. The highest BCUT2D eigenvalue weighted by molar-refractivity contribution is 5.93. The molecule has 1 aromatic heterocycles. The molecule has 0 unspecified atom stereocenters. The zero-order valence-electron chi connectivity index (χ0n) is 10.5.